The molecule has 0 radical (unpaired) electrons. The topological polar surface area (TPSA) is 27.0 Å². The third kappa shape index (κ3) is 3.78. The lowest BCUT2D eigenvalue weighted by Crippen LogP contribution is -2.29. The van der Waals surface area contributed by atoms with E-state index in [0.29, 0.717) is 0 Å². The Kier molecular flexibility index (Phi) is 4.24. The number of hydrogen-bond acceptors (Lipinski definition) is 2. The van der Waals surface area contributed by atoms with Gasteiger partial charge in [0.1, 0.15) is 0 Å². The van der Waals surface area contributed by atoms with Crippen LogP contribution in [0.1, 0.15) is 33.1 Å². The number of nitriles is 1. The first-order chi connectivity index (χ1) is 6.22. The van der Waals surface area contributed by atoms with Crippen LogP contribution in [0, 0.1) is 23.2 Å². The molecule has 74 valence electrons. The van der Waals surface area contributed by atoms with Crippen LogP contribution in [0.15, 0.2) is 0 Å². The highest BCUT2D eigenvalue weighted by Gasteiger charge is 2.15. The Balaban J connectivity index is 2.30. The zero-order valence-corrected chi connectivity index (χ0v) is 8.79. The Morgan fingerprint density at radius 2 is 2.23 bits per heavy atom. The predicted molar refractivity (Wildman–Crippen MR) is 54.2 cm³/mol. The Bertz CT molecular complexity index is 183. The summed E-state index contributed by atoms with van der Waals surface area (Å²) in [6.45, 7) is 7.68. The molecule has 1 heterocycles. The van der Waals surface area contributed by atoms with E-state index in [1.807, 2.05) is 6.92 Å². The van der Waals surface area contributed by atoms with E-state index in [-0.39, 0.29) is 5.92 Å². The molecule has 0 aromatic rings. The number of rotatable bonds is 2. The van der Waals surface area contributed by atoms with Crippen LogP contribution in [-0.2, 0) is 0 Å². The van der Waals surface area contributed by atoms with Crippen molar-refractivity contribution < 1.29 is 0 Å². The minimum Gasteiger partial charge on any atom is -0.302 e. The van der Waals surface area contributed by atoms with Gasteiger partial charge in [-0.3, -0.25) is 0 Å². The van der Waals surface area contributed by atoms with E-state index in [1.54, 1.807) is 0 Å². The smallest absolute Gasteiger partial charge is 0.0666 e. The predicted octanol–water partition coefficient (Wildman–Crippen LogP) is 2.27. The zero-order chi connectivity index (χ0) is 9.68. The van der Waals surface area contributed by atoms with Gasteiger partial charge >= 0.3 is 0 Å². The van der Waals surface area contributed by atoms with Crippen molar-refractivity contribution in [2.45, 2.75) is 33.1 Å². The maximum Gasteiger partial charge on any atom is 0.0666 e. The summed E-state index contributed by atoms with van der Waals surface area (Å²) >= 11 is 0. The van der Waals surface area contributed by atoms with Gasteiger partial charge in [-0.1, -0.05) is 6.92 Å². The second-order valence-corrected chi connectivity index (χ2v) is 4.37. The summed E-state index contributed by atoms with van der Waals surface area (Å²) in [5.41, 5.74) is 0. The highest BCUT2D eigenvalue weighted by molar-refractivity contribution is 4.82. The van der Waals surface area contributed by atoms with Crippen molar-refractivity contribution >= 4 is 0 Å². The standard InChI is InChI=1S/C11H20N2/c1-10-4-3-6-13(7-5-10)9-11(2)8-12/h10-11H,3-7,9H2,1-2H3. The molecule has 0 aliphatic carbocycles. The third-order valence-corrected chi connectivity index (χ3v) is 2.86. The first-order valence-electron chi connectivity index (χ1n) is 5.34. The fourth-order valence-corrected chi connectivity index (χ4v) is 1.93. The third-order valence-electron chi connectivity index (χ3n) is 2.86. The summed E-state index contributed by atoms with van der Waals surface area (Å²) in [4.78, 5) is 2.44. The molecule has 13 heavy (non-hydrogen) atoms. The van der Waals surface area contributed by atoms with Gasteiger partial charge in [0.15, 0.2) is 0 Å². The van der Waals surface area contributed by atoms with Gasteiger partial charge in [-0.2, -0.15) is 5.26 Å². The number of hydrogen-bond donors (Lipinski definition) is 0. The minimum atomic E-state index is 0.188. The fourth-order valence-electron chi connectivity index (χ4n) is 1.93. The molecule has 2 unspecified atom stereocenters. The number of nitrogens with zero attached hydrogens (tertiary/aromatic N) is 2. The summed E-state index contributed by atoms with van der Waals surface area (Å²) in [5, 5.41) is 8.71. The van der Waals surface area contributed by atoms with Crippen molar-refractivity contribution in [1.82, 2.24) is 4.90 Å². The van der Waals surface area contributed by atoms with E-state index in [1.165, 1.54) is 32.4 Å². The van der Waals surface area contributed by atoms with Crippen LogP contribution in [0.5, 0.6) is 0 Å². The van der Waals surface area contributed by atoms with Crippen molar-refractivity contribution in [3.63, 3.8) is 0 Å². The molecule has 2 atom stereocenters. The van der Waals surface area contributed by atoms with Gasteiger partial charge in [-0.05, 0) is 45.2 Å². The first kappa shape index (κ1) is 10.5. The molecular formula is C11H20N2. The van der Waals surface area contributed by atoms with Crippen LogP contribution in [0.2, 0.25) is 0 Å². The lowest BCUT2D eigenvalue weighted by atomic mass is 10.0. The molecule has 0 amide bonds. The van der Waals surface area contributed by atoms with Gasteiger partial charge in [-0.15, -0.1) is 0 Å². The highest BCUT2D eigenvalue weighted by Crippen LogP contribution is 2.16. The molecule has 0 aromatic carbocycles. The summed E-state index contributed by atoms with van der Waals surface area (Å²) in [6.07, 6.45) is 3.97. The second kappa shape index (κ2) is 5.24. The van der Waals surface area contributed by atoms with Crippen LogP contribution in [0.3, 0.4) is 0 Å². The zero-order valence-electron chi connectivity index (χ0n) is 8.79. The number of likely N-dealkylation sites (tertiary alicyclic amines) is 1. The van der Waals surface area contributed by atoms with Gasteiger partial charge < -0.3 is 4.90 Å². The molecule has 0 spiro atoms. The molecule has 0 N–H and O–H groups in total. The van der Waals surface area contributed by atoms with Gasteiger partial charge in [0, 0.05) is 6.54 Å². The van der Waals surface area contributed by atoms with Gasteiger partial charge in [0.25, 0.3) is 0 Å². The van der Waals surface area contributed by atoms with E-state index >= 15 is 0 Å². The quantitative estimate of drug-likeness (QED) is 0.652. The molecule has 0 saturated carbocycles. The van der Waals surface area contributed by atoms with Crippen molar-refractivity contribution in [2.75, 3.05) is 19.6 Å². The Morgan fingerprint density at radius 1 is 1.46 bits per heavy atom. The van der Waals surface area contributed by atoms with E-state index < -0.39 is 0 Å². The van der Waals surface area contributed by atoms with E-state index in [2.05, 4.69) is 17.9 Å². The molecule has 2 heteroatoms. The largest absolute Gasteiger partial charge is 0.302 e. The minimum absolute atomic E-state index is 0.188. The van der Waals surface area contributed by atoms with Gasteiger partial charge in [-0.25, -0.2) is 0 Å². The molecule has 1 rings (SSSR count). The van der Waals surface area contributed by atoms with Crippen LogP contribution in [-0.4, -0.2) is 24.5 Å². The van der Waals surface area contributed by atoms with Gasteiger partial charge in [0.05, 0.1) is 12.0 Å². The molecule has 0 aromatic heterocycles. The first-order valence-corrected chi connectivity index (χ1v) is 5.34. The molecule has 1 saturated heterocycles. The second-order valence-electron chi connectivity index (χ2n) is 4.37. The lowest BCUT2D eigenvalue weighted by molar-refractivity contribution is 0.263. The van der Waals surface area contributed by atoms with Crippen LogP contribution < -0.4 is 0 Å². The normalized spacial score (nSPS) is 27.6. The Morgan fingerprint density at radius 3 is 2.92 bits per heavy atom. The summed E-state index contributed by atoms with van der Waals surface area (Å²) in [6, 6.07) is 2.30. The average Bonchev–Trinajstić information content (AvgIpc) is 2.31. The maximum atomic E-state index is 8.71. The molecule has 0 bridgehead atoms. The van der Waals surface area contributed by atoms with Crippen LogP contribution in [0.4, 0.5) is 0 Å². The average molecular weight is 180 g/mol. The van der Waals surface area contributed by atoms with E-state index in [4.69, 9.17) is 5.26 Å². The van der Waals surface area contributed by atoms with E-state index in [0.717, 1.165) is 12.5 Å². The van der Waals surface area contributed by atoms with Crippen molar-refractivity contribution in [3.8, 4) is 6.07 Å². The van der Waals surface area contributed by atoms with Crippen LogP contribution in [0.25, 0.3) is 0 Å². The van der Waals surface area contributed by atoms with Crippen molar-refractivity contribution in [3.05, 3.63) is 0 Å². The van der Waals surface area contributed by atoms with Crippen molar-refractivity contribution in [2.24, 2.45) is 11.8 Å². The summed E-state index contributed by atoms with van der Waals surface area (Å²) in [7, 11) is 0. The molecule has 1 aliphatic rings. The Hall–Kier alpha value is -0.550. The molecular weight excluding hydrogens is 160 g/mol. The highest BCUT2D eigenvalue weighted by atomic mass is 15.1. The molecule has 1 fully saturated rings. The maximum absolute atomic E-state index is 8.71. The molecule has 2 nitrogen and oxygen atoms in total. The lowest BCUT2D eigenvalue weighted by Gasteiger charge is -2.20. The Labute approximate surface area is 81.5 Å². The van der Waals surface area contributed by atoms with Crippen molar-refractivity contribution in [1.29, 1.82) is 5.26 Å². The van der Waals surface area contributed by atoms with Gasteiger partial charge in [0.2, 0.25) is 0 Å². The van der Waals surface area contributed by atoms with E-state index in [9.17, 15) is 0 Å². The SMILES string of the molecule is CC(C#N)CN1CCCC(C)CC1. The monoisotopic (exact) mass is 180 g/mol. The summed E-state index contributed by atoms with van der Waals surface area (Å²) in [5.74, 6) is 1.07. The summed E-state index contributed by atoms with van der Waals surface area (Å²) < 4.78 is 0. The fraction of sp³-hybridized carbons (Fsp3) is 0.909. The van der Waals surface area contributed by atoms with Crippen LogP contribution >= 0.6 is 0 Å². The molecule has 1 aliphatic heterocycles.